The Morgan fingerprint density at radius 1 is 1.12 bits per heavy atom. The van der Waals surface area contributed by atoms with E-state index in [1.165, 1.54) is 17.5 Å². The molecule has 0 aromatic heterocycles. The Morgan fingerprint density at radius 3 is 2.67 bits per heavy atom. The number of hydrogen-bond acceptors (Lipinski definition) is 2. The average molecular weight is 324 g/mol. The summed E-state index contributed by atoms with van der Waals surface area (Å²) in [6, 6.07) is 4.09. The molecule has 0 aliphatic heterocycles. The molecule has 0 unspecified atom stereocenters. The van der Waals surface area contributed by atoms with Gasteiger partial charge in [-0.05, 0) is 98.8 Å². The molecule has 2 heteroatoms. The van der Waals surface area contributed by atoms with Crippen LogP contribution in [-0.2, 0) is 6.42 Å². The zero-order chi connectivity index (χ0) is 17.1. The van der Waals surface area contributed by atoms with Gasteiger partial charge in [-0.2, -0.15) is 0 Å². The Labute approximate surface area is 145 Å². The summed E-state index contributed by atoms with van der Waals surface area (Å²) in [6.07, 6.45) is 6.56. The highest BCUT2D eigenvalue weighted by atomic mass is 16.3. The van der Waals surface area contributed by atoms with Crippen molar-refractivity contribution in [3.63, 3.8) is 0 Å². The van der Waals surface area contributed by atoms with Crippen LogP contribution in [0.3, 0.4) is 0 Å². The molecule has 1 aromatic rings. The van der Waals surface area contributed by atoms with Crippen molar-refractivity contribution in [3.05, 3.63) is 28.8 Å². The summed E-state index contributed by atoms with van der Waals surface area (Å²) in [5.74, 6) is 8.14. The van der Waals surface area contributed by atoms with Gasteiger partial charge in [0.2, 0.25) is 0 Å². The number of rotatable bonds is 0. The van der Waals surface area contributed by atoms with Gasteiger partial charge in [-0.1, -0.05) is 12.8 Å². The van der Waals surface area contributed by atoms with Crippen LogP contribution in [0.4, 0.5) is 0 Å². The highest BCUT2D eigenvalue weighted by molar-refractivity contribution is 5.52. The minimum atomic E-state index is -0.517. The molecule has 2 N–H and O–H groups in total. The molecule has 0 heterocycles. The molecule has 2 nitrogen and oxygen atoms in total. The van der Waals surface area contributed by atoms with Crippen molar-refractivity contribution in [2.45, 2.75) is 70.8 Å². The second-order valence-corrected chi connectivity index (χ2v) is 8.63. The highest BCUT2D eigenvalue weighted by Gasteiger charge is 2.59. The van der Waals surface area contributed by atoms with Crippen LogP contribution in [0.5, 0.6) is 5.75 Å². The molecule has 2 saturated carbocycles. The van der Waals surface area contributed by atoms with E-state index in [9.17, 15) is 10.2 Å². The normalized spacial score (nSPS) is 40.1. The lowest BCUT2D eigenvalue weighted by Crippen LogP contribution is -2.49. The van der Waals surface area contributed by atoms with Crippen LogP contribution in [-0.4, -0.2) is 15.8 Å². The quantitative estimate of drug-likeness (QED) is 0.696. The molecule has 0 bridgehead atoms. The molecule has 5 atom stereocenters. The van der Waals surface area contributed by atoms with Gasteiger partial charge in [0.15, 0.2) is 0 Å². The molecule has 0 spiro atoms. The predicted octanol–water partition coefficient (Wildman–Crippen LogP) is 4.37. The van der Waals surface area contributed by atoms with Gasteiger partial charge in [0.1, 0.15) is 5.75 Å². The van der Waals surface area contributed by atoms with E-state index in [1.807, 2.05) is 13.0 Å². The Kier molecular flexibility index (Phi) is 3.52. The molecule has 2 fully saturated rings. The number of fused-ring (bicyclic) bond motifs is 5. The van der Waals surface area contributed by atoms with E-state index in [0.717, 1.165) is 37.7 Å². The number of aromatic hydroxyl groups is 1. The van der Waals surface area contributed by atoms with Crippen LogP contribution in [0.15, 0.2) is 12.1 Å². The van der Waals surface area contributed by atoms with Crippen LogP contribution >= 0.6 is 0 Å². The van der Waals surface area contributed by atoms with Gasteiger partial charge in [-0.3, -0.25) is 0 Å². The summed E-state index contributed by atoms with van der Waals surface area (Å²) in [5.41, 5.74) is 3.04. The molecule has 4 rings (SSSR count). The maximum atomic E-state index is 10.9. The first kappa shape index (κ1) is 16.0. The van der Waals surface area contributed by atoms with Crippen LogP contribution in [0.25, 0.3) is 0 Å². The maximum Gasteiger partial charge on any atom is 0.131 e. The molecule has 24 heavy (non-hydrogen) atoms. The van der Waals surface area contributed by atoms with Gasteiger partial charge in [0.05, 0.1) is 11.2 Å². The smallest absolute Gasteiger partial charge is 0.131 e. The Bertz CT molecular complexity index is 736. The fourth-order valence-corrected chi connectivity index (χ4v) is 6.09. The third kappa shape index (κ3) is 2.07. The topological polar surface area (TPSA) is 40.5 Å². The van der Waals surface area contributed by atoms with E-state index in [1.54, 1.807) is 0 Å². The SMILES string of the molecule is CC#Cc1cc2c(cc1O)CC[C@@H]1[C@@H]2CC[C@@]2(C)[C@H]1CC[C@]2(C)O. The zero-order valence-electron chi connectivity index (χ0n) is 15.0. The van der Waals surface area contributed by atoms with Crippen molar-refractivity contribution in [1.29, 1.82) is 0 Å². The molecular formula is C22H28O2. The first-order chi connectivity index (χ1) is 11.4. The molecule has 1 aromatic carbocycles. The monoisotopic (exact) mass is 324 g/mol. The average Bonchev–Trinajstić information content (AvgIpc) is 2.78. The highest BCUT2D eigenvalue weighted by Crippen LogP contribution is 2.64. The molecule has 128 valence electrons. The number of benzene rings is 1. The van der Waals surface area contributed by atoms with Gasteiger partial charge >= 0.3 is 0 Å². The summed E-state index contributed by atoms with van der Waals surface area (Å²) in [7, 11) is 0. The van der Waals surface area contributed by atoms with E-state index in [2.05, 4.69) is 31.8 Å². The lowest BCUT2D eigenvalue weighted by atomic mass is 9.53. The molecular weight excluding hydrogens is 296 g/mol. The Hall–Kier alpha value is -1.46. The van der Waals surface area contributed by atoms with Crippen molar-refractivity contribution >= 4 is 0 Å². The number of hydrogen-bond donors (Lipinski definition) is 2. The number of aliphatic hydroxyl groups is 1. The minimum Gasteiger partial charge on any atom is -0.507 e. The van der Waals surface area contributed by atoms with Crippen LogP contribution in [0, 0.1) is 29.1 Å². The Balaban J connectivity index is 1.74. The fraction of sp³-hybridized carbons (Fsp3) is 0.636. The molecule has 3 aliphatic rings. The summed E-state index contributed by atoms with van der Waals surface area (Å²) >= 11 is 0. The van der Waals surface area contributed by atoms with Gasteiger partial charge < -0.3 is 10.2 Å². The van der Waals surface area contributed by atoms with E-state index in [4.69, 9.17) is 0 Å². The van der Waals surface area contributed by atoms with Crippen LogP contribution in [0.2, 0.25) is 0 Å². The lowest BCUT2D eigenvalue weighted by molar-refractivity contribution is -0.0901. The predicted molar refractivity (Wildman–Crippen MR) is 95.9 cm³/mol. The summed E-state index contributed by atoms with van der Waals surface area (Å²) in [4.78, 5) is 0. The molecule has 3 aliphatic carbocycles. The standard InChI is InChI=1S/C22H28O2/c1-4-5-15-12-18-14(13-20(15)23)6-7-17-16(18)8-10-21(2)19(17)9-11-22(21,3)24/h12-13,16-17,19,23-24H,6-11H2,1-3H3/t16-,17+,19-,21-,22-/m0/s1. The molecule has 0 radical (unpaired) electrons. The summed E-state index contributed by atoms with van der Waals surface area (Å²) < 4.78 is 0. The third-order valence-electron chi connectivity index (χ3n) is 7.66. The number of phenols is 1. The largest absolute Gasteiger partial charge is 0.507 e. The van der Waals surface area contributed by atoms with Gasteiger partial charge in [0, 0.05) is 0 Å². The van der Waals surface area contributed by atoms with E-state index < -0.39 is 5.60 Å². The number of aryl methyl sites for hydroxylation is 1. The van der Waals surface area contributed by atoms with Crippen LogP contribution in [0.1, 0.15) is 75.5 Å². The lowest BCUT2D eigenvalue weighted by Gasteiger charge is -2.52. The molecule has 0 amide bonds. The van der Waals surface area contributed by atoms with Gasteiger partial charge in [-0.15, -0.1) is 5.92 Å². The van der Waals surface area contributed by atoms with E-state index >= 15 is 0 Å². The van der Waals surface area contributed by atoms with Crippen molar-refractivity contribution in [2.24, 2.45) is 17.3 Å². The zero-order valence-corrected chi connectivity index (χ0v) is 15.0. The second-order valence-electron chi connectivity index (χ2n) is 8.63. The molecule has 0 saturated heterocycles. The van der Waals surface area contributed by atoms with E-state index in [-0.39, 0.29) is 5.41 Å². The first-order valence-corrected chi connectivity index (χ1v) is 9.38. The maximum absolute atomic E-state index is 10.9. The number of phenolic OH excluding ortho intramolecular Hbond substituents is 1. The van der Waals surface area contributed by atoms with E-state index in [0.29, 0.717) is 23.5 Å². The summed E-state index contributed by atoms with van der Waals surface area (Å²) in [6.45, 7) is 6.19. The van der Waals surface area contributed by atoms with Crippen molar-refractivity contribution < 1.29 is 10.2 Å². The minimum absolute atomic E-state index is 0.0641. The van der Waals surface area contributed by atoms with Gasteiger partial charge in [0.25, 0.3) is 0 Å². The van der Waals surface area contributed by atoms with Crippen LogP contribution < -0.4 is 0 Å². The first-order valence-electron chi connectivity index (χ1n) is 9.38. The third-order valence-corrected chi connectivity index (χ3v) is 7.66. The fourth-order valence-electron chi connectivity index (χ4n) is 6.09. The van der Waals surface area contributed by atoms with Crippen molar-refractivity contribution in [3.8, 4) is 17.6 Å². The Morgan fingerprint density at radius 2 is 1.92 bits per heavy atom. The second kappa shape index (κ2) is 5.27. The summed E-state index contributed by atoms with van der Waals surface area (Å²) in [5, 5.41) is 21.2. The van der Waals surface area contributed by atoms with Gasteiger partial charge in [-0.25, -0.2) is 0 Å². The van der Waals surface area contributed by atoms with Crippen molar-refractivity contribution in [2.75, 3.05) is 0 Å². The van der Waals surface area contributed by atoms with Crippen molar-refractivity contribution in [1.82, 2.24) is 0 Å².